The second kappa shape index (κ2) is 5.62. The summed E-state index contributed by atoms with van der Waals surface area (Å²) in [5, 5.41) is 9.34. The molecule has 0 aromatic carbocycles. The molecule has 90 valence electrons. The van der Waals surface area contributed by atoms with Gasteiger partial charge in [-0.15, -0.1) is 0 Å². The third-order valence-electron chi connectivity index (χ3n) is 3.71. The lowest BCUT2D eigenvalue weighted by Gasteiger charge is -2.39. The first kappa shape index (κ1) is 11.8. The van der Waals surface area contributed by atoms with Crippen LogP contribution < -0.4 is 0 Å². The summed E-state index contributed by atoms with van der Waals surface area (Å²) >= 11 is 0. The van der Waals surface area contributed by atoms with Gasteiger partial charge >= 0.3 is 0 Å². The quantitative estimate of drug-likeness (QED) is 0.685. The molecule has 0 aromatic rings. The molecule has 2 atom stereocenters. The van der Waals surface area contributed by atoms with Gasteiger partial charge in [-0.1, -0.05) is 0 Å². The van der Waals surface area contributed by atoms with E-state index in [4.69, 9.17) is 4.74 Å². The third-order valence-corrected chi connectivity index (χ3v) is 3.71. The van der Waals surface area contributed by atoms with Crippen LogP contribution in [0.25, 0.3) is 0 Å². The van der Waals surface area contributed by atoms with Crippen LogP contribution in [-0.4, -0.2) is 62.3 Å². The van der Waals surface area contributed by atoms with Gasteiger partial charge < -0.3 is 9.64 Å². The van der Waals surface area contributed by atoms with Gasteiger partial charge in [-0.2, -0.15) is 5.26 Å². The summed E-state index contributed by atoms with van der Waals surface area (Å²) in [6, 6.07) is 2.55. The van der Waals surface area contributed by atoms with Crippen LogP contribution in [0.2, 0.25) is 0 Å². The highest BCUT2D eigenvalue weighted by Gasteiger charge is 2.30. The largest absolute Gasteiger partial charge is 0.381 e. The molecule has 0 aromatic heterocycles. The van der Waals surface area contributed by atoms with Crippen molar-refractivity contribution in [2.75, 3.05) is 46.4 Å². The first-order valence-corrected chi connectivity index (χ1v) is 6.21. The number of hydrogen-bond donors (Lipinski definition) is 0. The highest BCUT2D eigenvalue weighted by molar-refractivity contribution is 4.98. The molecule has 2 fully saturated rings. The minimum atomic E-state index is 0.0639. The van der Waals surface area contributed by atoms with Crippen LogP contribution in [0.15, 0.2) is 0 Å². The Morgan fingerprint density at radius 1 is 1.31 bits per heavy atom. The maximum Gasteiger partial charge on any atom is 0.103 e. The van der Waals surface area contributed by atoms with Gasteiger partial charge in [-0.3, -0.25) is 4.90 Å². The van der Waals surface area contributed by atoms with Crippen molar-refractivity contribution < 1.29 is 4.74 Å². The van der Waals surface area contributed by atoms with Crippen molar-refractivity contribution >= 4 is 0 Å². The van der Waals surface area contributed by atoms with Crippen LogP contribution in [0.5, 0.6) is 0 Å². The SMILES string of the molecule is CN1CCN(C(C#N)C2CCCOC2)CC1. The lowest BCUT2D eigenvalue weighted by molar-refractivity contribution is 0.0130. The van der Waals surface area contributed by atoms with Gasteiger partial charge in [0.15, 0.2) is 0 Å². The molecule has 2 heterocycles. The molecule has 0 bridgehead atoms. The third kappa shape index (κ3) is 2.73. The van der Waals surface area contributed by atoms with Crippen molar-refractivity contribution in [3.63, 3.8) is 0 Å². The van der Waals surface area contributed by atoms with E-state index >= 15 is 0 Å². The van der Waals surface area contributed by atoms with E-state index in [1.165, 1.54) is 0 Å². The predicted octanol–water partition coefficient (Wildman–Crippen LogP) is 0.553. The van der Waals surface area contributed by atoms with Crippen molar-refractivity contribution in [2.24, 2.45) is 5.92 Å². The number of rotatable bonds is 2. The fourth-order valence-corrected chi connectivity index (χ4v) is 2.60. The van der Waals surface area contributed by atoms with E-state index in [0.29, 0.717) is 5.92 Å². The Morgan fingerprint density at radius 3 is 2.62 bits per heavy atom. The number of ether oxygens (including phenoxy) is 1. The van der Waals surface area contributed by atoms with E-state index in [-0.39, 0.29) is 6.04 Å². The van der Waals surface area contributed by atoms with Gasteiger partial charge in [0.2, 0.25) is 0 Å². The average Bonchev–Trinajstić information content (AvgIpc) is 2.34. The van der Waals surface area contributed by atoms with Crippen LogP contribution in [0.4, 0.5) is 0 Å². The Hall–Kier alpha value is -0.630. The van der Waals surface area contributed by atoms with Crippen LogP contribution in [-0.2, 0) is 4.74 Å². The van der Waals surface area contributed by atoms with Crippen molar-refractivity contribution in [2.45, 2.75) is 18.9 Å². The molecular formula is C12H21N3O. The lowest BCUT2D eigenvalue weighted by atomic mass is 9.93. The van der Waals surface area contributed by atoms with Gasteiger partial charge in [-0.05, 0) is 19.9 Å². The minimum absolute atomic E-state index is 0.0639. The van der Waals surface area contributed by atoms with Gasteiger partial charge in [-0.25, -0.2) is 0 Å². The van der Waals surface area contributed by atoms with E-state index in [9.17, 15) is 5.26 Å². The Labute approximate surface area is 97.8 Å². The van der Waals surface area contributed by atoms with Gasteiger partial charge in [0.1, 0.15) is 6.04 Å². The zero-order valence-corrected chi connectivity index (χ0v) is 10.1. The fraction of sp³-hybridized carbons (Fsp3) is 0.917. The van der Waals surface area contributed by atoms with Crippen LogP contribution in [0.1, 0.15) is 12.8 Å². The number of piperazine rings is 1. The molecule has 2 rings (SSSR count). The van der Waals surface area contributed by atoms with E-state index < -0.39 is 0 Å². The Kier molecular flexibility index (Phi) is 4.16. The molecule has 2 saturated heterocycles. The maximum atomic E-state index is 9.34. The monoisotopic (exact) mass is 223 g/mol. The van der Waals surface area contributed by atoms with E-state index in [1.807, 2.05) is 0 Å². The lowest BCUT2D eigenvalue weighted by Crippen LogP contribution is -2.51. The normalized spacial score (nSPS) is 30.9. The molecule has 4 nitrogen and oxygen atoms in total. The zero-order valence-electron chi connectivity index (χ0n) is 10.1. The molecule has 0 spiro atoms. The minimum Gasteiger partial charge on any atom is -0.381 e. The van der Waals surface area contributed by atoms with Crippen molar-refractivity contribution in [3.8, 4) is 6.07 Å². The molecule has 0 saturated carbocycles. The molecular weight excluding hydrogens is 202 g/mol. The summed E-state index contributed by atoms with van der Waals surface area (Å²) < 4.78 is 5.49. The van der Waals surface area contributed by atoms with Gasteiger partial charge in [0.05, 0.1) is 12.7 Å². The molecule has 2 aliphatic heterocycles. The Bertz CT molecular complexity index is 249. The van der Waals surface area contributed by atoms with E-state index in [2.05, 4.69) is 22.9 Å². The second-order valence-corrected chi connectivity index (χ2v) is 4.89. The van der Waals surface area contributed by atoms with Gasteiger partial charge in [0, 0.05) is 38.7 Å². The van der Waals surface area contributed by atoms with Crippen LogP contribution in [0.3, 0.4) is 0 Å². The standard InChI is InChI=1S/C12H21N3O/c1-14-4-6-15(7-5-14)12(9-13)11-3-2-8-16-10-11/h11-12H,2-8,10H2,1H3. The zero-order chi connectivity index (χ0) is 11.4. The maximum absolute atomic E-state index is 9.34. The van der Waals surface area contributed by atoms with Crippen LogP contribution >= 0.6 is 0 Å². The predicted molar refractivity (Wildman–Crippen MR) is 62.0 cm³/mol. The molecule has 0 radical (unpaired) electrons. The highest BCUT2D eigenvalue weighted by atomic mass is 16.5. The summed E-state index contributed by atoms with van der Waals surface area (Å²) in [6.45, 7) is 5.83. The first-order valence-electron chi connectivity index (χ1n) is 6.21. The molecule has 16 heavy (non-hydrogen) atoms. The molecule has 0 aliphatic carbocycles. The molecule has 0 amide bonds. The van der Waals surface area contributed by atoms with Gasteiger partial charge in [0.25, 0.3) is 0 Å². The molecule has 0 N–H and O–H groups in total. The molecule has 4 heteroatoms. The summed E-state index contributed by atoms with van der Waals surface area (Å²) in [4.78, 5) is 4.65. The first-order chi connectivity index (χ1) is 7.81. The van der Waals surface area contributed by atoms with Crippen molar-refractivity contribution in [3.05, 3.63) is 0 Å². The number of nitriles is 1. The number of hydrogen-bond acceptors (Lipinski definition) is 4. The van der Waals surface area contributed by atoms with Crippen molar-refractivity contribution in [1.29, 1.82) is 5.26 Å². The highest BCUT2D eigenvalue weighted by Crippen LogP contribution is 2.22. The smallest absolute Gasteiger partial charge is 0.103 e. The van der Waals surface area contributed by atoms with E-state index in [0.717, 1.165) is 52.2 Å². The fourth-order valence-electron chi connectivity index (χ4n) is 2.60. The molecule has 2 aliphatic rings. The Morgan fingerprint density at radius 2 is 2.06 bits per heavy atom. The number of nitrogens with zero attached hydrogens (tertiary/aromatic N) is 3. The summed E-state index contributed by atoms with van der Waals surface area (Å²) in [5.74, 6) is 0.419. The summed E-state index contributed by atoms with van der Waals surface area (Å²) in [5.41, 5.74) is 0. The Balaban J connectivity index is 1.91. The average molecular weight is 223 g/mol. The molecule has 2 unspecified atom stereocenters. The summed E-state index contributed by atoms with van der Waals surface area (Å²) in [6.07, 6.45) is 2.25. The van der Waals surface area contributed by atoms with Crippen LogP contribution in [0, 0.1) is 17.2 Å². The van der Waals surface area contributed by atoms with Crippen molar-refractivity contribution in [1.82, 2.24) is 9.80 Å². The number of likely N-dealkylation sites (N-methyl/N-ethyl adjacent to an activating group) is 1. The van der Waals surface area contributed by atoms with E-state index in [1.54, 1.807) is 0 Å². The second-order valence-electron chi connectivity index (χ2n) is 4.89. The topological polar surface area (TPSA) is 39.5 Å². The summed E-state index contributed by atoms with van der Waals surface area (Å²) in [7, 11) is 2.14.